The van der Waals surface area contributed by atoms with Gasteiger partial charge in [-0.2, -0.15) is 4.72 Å². The Hall–Kier alpha value is -2.95. The van der Waals surface area contributed by atoms with Crippen LogP contribution in [0.25, 0.3) is 0 Å². The molecule has 0 fully saturated rings. The van der Waals surface area contributed by atoms with Crippen molar-refractivity contribution in [3.8, 4) is 5.75 Å². The number of aliphatic hydroxyl groups is 1. The number of hydrogen-bond acceptors (Lipinski definition) is 7. The quantitative estimate of drug-likeness (QED) is 0.397. The number of sulfonamides is 1. The van der Waals surface area contributed by atoms with E-state index in [0.29, 0.717) is 5.56 Å². The van der Waals surface area contributed by atoms with Crippen molar-refractivity contribution in [2.24, 2.45) is 0 Å². The van der Waals surface area contributed by atoms with Crippen molar-refractivity contribution in [2.45, 2.75) is 30.3 Å². The lowest BCUT2D eigenvalue weighted by Crippen LogP contribution is -2.56. The molecule has 0 unspecified atom stereocenters. The fourth-order valence-electron chi connectivity index (χ4n) is 2.48. The smallest absolute Gasteiger partial charge is 0.241 e. The number of aromatic hydroxyl groups is 1. The van der Waals surface area contributed by atoms with Gasteiger partial charge in [-0.3, -0.25) is 4.79 Å². The number of amides is 1. The summed E-state index contributed by atoms with van der Waals surface area (Å²) in [5, 5.41) is 32.3. The standard InChI is InChI=1S/C19H22N2O7S/c1-12-2-8-15(9-3-12)29(27,28)21-17(11-22)18(24)20-16(19(25)26)10-13-4-6-14(23)7-5-13/h2-9,16-17,21-23H,10-11H2,1H3,(H,20,24)(H,25,26)/p-1/t16-,17-/m0/s1. The van der Waals surface area contributed by atoms with Gasteiger partial charge < -0.3 is 25.4 Å². The van der Waals surface area contributed by atoms with E-state index in [-0.39, 0.29) is 17.1 Å². The van der Waals surface area contributed by atoms with Crippen molar-refractivity contribution in [2.75, 3.05) is 6.61 Å². The lowest BCUT2D eigenvalue weighted by molar-refractivity contribution is -0.308. The minimum atomic E-state index is -4.11. The van der Waals surface area contributed by atoms with Crippen LogP contribution in [0.4, 0.5) is 0 Å². The van der Waals surface area contributed by atoms with Crippen LogP contribution in [-0.4, -0.2) is 49.2 Å². The van der Waals surface area contributed by atoms with Gasteiger partial charge in [0.25, 0.3) is 0 Å². The molecule has 1 amide bonds. The van der Waals surface area contributed by atoms with Crippen LogP contribution in [0.15, 0.2) is 53.4 Å². The highest BCUT2D eigenvalue weighted by Gasteiger charge is 2.27. The van der Waals surface area contributed by atoms with Gasteiger partial charge >= 0.3 is 0 Å². The minimum Gasteiger partial charge on any atom is -0.548 e. The molecule has 2 aromatic carbocycles. The van der Waals surface area contributed by atoms with E-state index in [4.69, 9.17) is 0 Å². The molecule has 0 heterocycles. The van der Waals surface area contributed by atoms with Crippen LogP contribution >= 0.6 is 0 Å². The van der Waals surface area contributed by atoms with E-state index in [2.05, 4.69) is 10.0 Å². The van der Waals surface area contributed by atoms with Gasteiger partial charge in [-0.15, -0.1) is 0 Å². The fourth-order valence-corrected chi connectivity index (χ4v) is 3.67. The lowest BCUT2D eigenvalue weighted by Gasteiger charge is -2.23. The summed E-state index contributed by atoms with van der Waals surface area (Å²) in [5.74, 6) is -2.60. The average Bonchev–Trinajstić information content (AvgIpc) is 2.67. The van der Waals surface area contributed by atoms with Crippen molar-refractivity contribution in [1.29, 1.82) is 0 Å². The number of carboxylic acid groups (broad SMARTS) is 1. The van der Waals surface area contributed by atoms with E-state index in [0.717, 1.165) is 5.56 Å². The van der Waals surface area contributed by atoms with E-state index in [1.807, 2.05) is 0 Å². The summed E-state index contributed by atoms with van der Waals surface area (Å²) in [5.41, 5.74) is 1.34. The SMILES string of the molecule is Cc1ccc(S(=O)(=O)N[C@@H](CO)C(=O)N[C@@H](Cc2ccc(O)cc2)C(=O)[O-])cc1. The summed E-state index contributed by atoms with van der Waals surface area (Å²) in [6.45, 7) is 0.901. The number of phenolic OH excluding ortho intramolecular Hbond substituents is 1. The first-order valence-corrected chi connectivity index (χ1v) is 10.1. The Balaban J connectivity index is 2.10. The number of nitrogens with one attached hydrogen (secondary N) is 2. The van der Waals surface area contributed by atoms with Gasteiger partial charge in [-0.25, -0.2) is 8.42 Å². The van der Waals surface area contributed by atoms with Gasteiger partial charge in [0.15, 0.2) is 0 Å². The lowest BCUT2D eigenvalue weighted by atomic mass is 10.1. The average molecular weight is 421 g/mol. The zero-order valence-electron chi connectivity index (χ0n) is 15.5. The van der Waals surface area contributed by atoms with Gasteiger partial charge in [0.05, 0.1) is 23.5 Å². The third-order valence-electron chi connectivity index (χ3n) is 4.10. The number of aliphatic carboxylic acids is 1. The summed E-state index contributed by atoms with van der Waals surface area (Å²) in [6.07, 6.45) is -0.156. The summed E-state index contributed by atoms with van der Waals surface area (Å²) in [6, 6.07) is 8.44. The monoisotopic (exact) mass is 421 g/mol. The second-order valence-electron chi connectivity index (χ2n) is 6.42. The molecule has 29 heavy (non-hydrogen) atoms. The third kappa shape index (κ3) is 6.28. The number of benzene rings is 2. The molecule has 0 aliphatic carbocycles. The second-order valence-corrected chi connectivity index (χ2v) is 8.13. The molecule has 0 saturated heterocycles. The first kappa shape index (κ1) is 22.3. The second kappa shape index (κ2) is 9.50. The predicted molar refractivity (Wildman–Crippen MR) is 101 cm³/mol. The highest BCUT2D eigenvalue weighted by Crippen LogP contribution is 2.12. The first-order chi connectivity index (χ1) is 13.6. The maximum atomic E-state index is 12.4. The first-order valence-electron chi connectivity index (χ1n) is 8.61. The van der Waals surface area contributed by atoms with Crippen LogP contribution in [0.3, 0.4) is 0 Å². The Morgan fingerprint density at radius 3 is 2.14 bits per heavy atom. The molecule has 2 aromatic rings. The van der Waals surface area contributed by atoms with Gasteiger partial charge in [0.2, 0.25) is 15.9 Å². The molecule has 2 atom stereocenters. The molecule has 4 N–H and O–H groups in total. The summed E-state index contributed by atoms with van der Waals surface area (Å²) >= 11 is 0. The molecule has 10 heteroatoms. The highest BCUT2D eigenvalue weighted by molar-refractivity contribution is 7.89. The van der Waals surface area contributed by atoms with Crippen molar-refractivity contribution >= 4 is 21.9 Å². The molecular weight excluding hydrogens is 400 g/mol. The van der Waals surface area contributed by atoms with Gasteiger partial charge in [-0.05, 0) is 43.2 Å². The number of carboxylic acids is 1. The molecule has 0 aromatic heterocycles. The molecule has 0 spiro atoms. The van der Waals surface area contributed by atoms with Crippen LogP contribution in [0.2, 0.25) is 0 Å². The van der Waals surface area contributed by atoms with Gasteiger partial charge in [-0.1, -0.05) is 29.8 Å². The molecule has 0 saturated carbocycles. The van der Waals surface area contributed by atoms with Crippen molar-refractivity contribution in [3.05, 3.63) is 59.7 Å². The molecule has 0 aliphatic rings. The Morgan fingerprint density at radius 1 is 1.03 bits per heavy atom. The third-order valence-corrected chi connectivity index (χ3v) is 5.59. The van der Waals surface area contributed by atoms with E-state index in [9.17, 15) is 33.3 Å². The number of carbonyl (C=O) groups excluding carboxylic acids is 2. The molecule has 0 aliphatic heterocycles. The normalized spacial score (nSPS) is 13.4. The zero-order chi connectivity index (χ0) is 21.6. The Bertz CT molecular complexity index is 957. The predicted octanol–water partition coefficient (Wildman–Crippen LogP) is -1.18. The number of carbonyl (C=O) groups is 2. The maximum absolute atomic E-state index is 12.4. The maximum Gasteiger partial charge on any atom is 0.241 e. The number of aliphatic hydroxyl groups excluding tert-OH is 1. The molecule has 0 radical (unpaired) electrons. The van der Waals surface area contributed by atoms with Crippen LogP contribution in [0.1, 0.15) is 11.1 Å². The Morgan fingerprint density at radius 2 is 1.62 bits per heavy atom. The van der Waals surface area contributed by atoms with E-state index < -0.39 is 40.6 Å². The van der Waals surface area contributed by atoms with Crippen LogP contribution < -0.4 is 15.1 Å². The van der Waals surface area contributed by atoms with Crippen LogP contribution in [0, 0.1) is 6.92 Å². The van der Waals surface area contributed by atoms with Crippen LogP contribution in [-0.2, 0) is 26.0 Å². The largest absolute Gasteiger partial charge is 0.548 e. The van der Waals surface area contributed by atoms with E-state index in [1.165, 1.54) is 36.4 Å². The molecule has 0 bridgehead atoms. The van der Waals surface area contributed by atoms with Crippen molar-refractivity contribution in [3.63, 3.8) is 0 Å². The van der Waals surface area contributed by atoms with E-state index >= 15 is 0 Å². The van der Waals surface area contributed by atoms with Crippen LogP contribution in [0.5, 0.6) is 5.75 Å². The molecule has 2 rings (SSSR count). The Labute approximate surface area is 168 Å². The summed E-state index contributed by atoms with van der Waals surface area (Å²) in [4.78, 5) is 23.6. The Kier molecular flexibility index (Phi) is 7.32. The minimum absolute atomic E-state index is 0.00589. The van der Waals surface area contributed by atoms with Crippen molar-refractivity contribution in [1.82, 2.24) is 10.0 Å². The molecule has 156 valence electrons. The zero-order valence-corrected chi connectivity index (χ0v) is 16.3. The summed E-state index contributed by atoms with van der Waals surface area (Å²) in [7, 11) is -4.11. The number of phenols is 1. The van der Waals surface area contributed by atoms with Crippen molar-refractivity contribution < 1.29 is 33.3 Å². The van der Waals surface area contributed by atoms with Gasteiger partial charge in [0, 0.05) is 0 Å². The number of aryl methyl sites for hydroxylation is 1. The van der Waals surface area contributed by atoms with E-state index in [1.54, 1.807) is 19.1 Å². The fraction of sp³-hybridized carbons (Fsp3) is 0.263. The highest BCUT2D eigenvalue weighted by atomic mass is 32.2. The number of hydrogen-bond donors (Lipinski definition) is 4. The number of rotatable bonds is 9. The molecule has 9 nitrogen and oxygen atoms in total. The topological polar surface area (TPSA) is 156 Å². The molecular formula is C19H21N2O7S-. The van der Waals surface area contributed by atoms with Gasteiger partial charge in [0.1, 0.15) is 11.8 Å². The summed E-state index contributed by atoms with van der Waals surface area (Å²) < 4.78 is 26.9.